The Bertz CT molecular complexity index is 359. The fraction of sp³-hybridized carbons (Fsp3) is 0.625. The van der Waals surface area contributed by atoms with Gasteiger partial charge >= 0.3 is 0 Å². The number of hydrogen-bond acceptors (Lipinski definition) is 1. The zero-order valence-electron chi connectivity index (χ0n) is 11.8. The molecule has 0 heterocycles. The normalized spacial score (nSPS) is 14.4. The van der Waals surface area contributed by atoms with Crippen LogP contribution in [0.5, 0.6) is 0 Å². The number of halogens is 2. The van der Waals surface area contributed by atoms with Crippen LogP contribution in [0, 0.1) is 17.6 Å². The predicted octanol–water partition coefficient (Wildman–Crippen LogP) is 4.47. The SMILES string of the molecule is CCCCC(CC)CC(O)Cc1c(F)cccc1F. The zero-order chi connectivity index (χ0) is 14.3. The fourth-order valence-electron chi connectivity index (χ4n) is 2.41. The molecule has 0 bridgehead atoms. The minimum Gasteiger partial charge on any atom is -0.393 e. The van der Waals surface area contributed by atoms with Gasteiger partial charge in [-0.1, -0.05) is 45.6 Å². The highest BCUT2D eigenvalue weighted by atomic mass is 19.1. The Hall–Kier alpha value is -0.960. The van der Waals surface area contributed by atoms with Gasteiger partial charge in [-0.15, -0.1) is 0 Å². The van der Waals surface area contributed by atoms with E-state index in [2.05, 4.69) is 13.8 Å². The lowest BCUT2D eigenvalue weighted by molar-refractivity contribution is 0.135. The largest absolute Gasteiger partial charge is 0.393 e. The Kier molecular flexibility index (Phi) is 7.00. The molecule has 0 radical (unpaired) electrons. The van der Waals surface area contributed by atoms with Gasteiger partial charge in [-0.05, 0) is 24.5 Å². The molecule has 0 saturated carbocycles. The van der Waals surface area contributed by atoms with E-state index in [0.717, 1.165) is 25.7 Å². The Morgan fingerprint density at radius 2 is 1.79 bits per heavy atom. The van der Waals surface area contributed by atoms with Crippen molar-refractivity contribution in [2.24, 2.45) is 5.92 Å². The summed E-state index contributed by atoms with van der Waals surface area (Å²) in [6.45, 7) is 4.23. The maximum absolute atomic E-state index is 13.5. The van der Waals surface area contributed by atoms with E-state index >= 15 is 0 Å². The Morgan fingerprint density at radius 1 is 1.16 bits per heavy atom. The number of rotatable bonds is 8. The first-order valence-electron chi connectivity index (χ1n) is 7.19. The van der Waals surface area contributed by atoms with Crippen molar-refractivity contribution in [3.8, 4) is 0 Å². The van der Waals surface area contributed by atoms with Crippen LogP contribution < -0.4 is 0 Å². The van der Waals surface area contributed by atoms with Crippen molar-refractivity contribution in [2.75, 3.05) is 0 Å². The lowest BCUT2D eigenvalue weighted by Crippen LogP contribution is -2.17. The molecular weight excluding hydrogens is 246 g/mol. The topological polar surface area (TPSA) is 20.2 Å². The van der Waals surface area contributed by atoms with E-state index in [1.165, 1.54) is 18.2 Å². The van der Waals surface area contributed by atoms with Gasteiger partial charge in [0.05, 0.1) is 6.10 Å². The molecule has 2 atom stereocenters. The molecule has 1 nitrogen and oxygen atoms in total. The maximum atomic E-state index is 13.5. The molecule has 0 amide bonds. The van der Waals surface area contributed by atoms with Gasteiger partial charge in [0.15, 0.2) is 0 Å². The number of hydrogen-bond donors (Lipinski definition) is 1. The molecule has 0 aliphatic heterocycles. The minimum absolute atomic E-state index is 0.000319. The monoisotopic (exact) mass is 270 g/mol. The van der Waals surface area contributed by atoms with Crippen molar-refractivity contribution in [3.63, 3.8) is 0 Å². The first-order valence-corrected chi connectivity index (χ1v) is 7.19. The molecule has 0 fully saturated rings. The smallest absolute Gasteiger partial charge is 0.129 e. The molecule has 3 heteroatoms. The van der Waals surface area contributed by atoms with Crippen molar-refractivity contribution in [3.05, 3.63) is 35.4 Å². The van der Waals surface area contributed by atoms with Gasteiger partial charge in [0, 0.05) is 12.0 Å². The summed E-state index contributed by atoms with van der Waals surface area (Å²) in [5, 5.41) is 10.0. The summed E-state index contributed by atoms with van der Waals surface area (Å²) in [6, 6.07) is 3.82. The maximum Gasteiger partial charge on any atom is 0.129 e. The average Bonchev–Trinajstić information content (AvgIpc) is 2.39. The third kappa shape index (κ3) is 5.27. The molecule has 0 spiro atoms. The summed E-state index contributed by atoms with van der Waals surface area (Å²) >= 11 is 0. The van der Waals surface area contributed by atoms with Gasteiger partial charge in [-0.3, -0.25) is 0 Å². The summed E-state index contributed by atoms with van der Waals surface area (Å²) in [7, 11) is 0. The number of unbranched alkanes of at least 4 members (excludes halogenated alkanes) is 1. The third-order valence-electron chi connectivity index (χ3n) is 3.65. The molecule has 108 valence electrons. The second-order valence-electron chi connectivity index (χ2n) is 5.21. The van der Waals surface area contributed by atoms with Crippen LogP contribution in [0.15, 0.2) is 18.2 Å². The van der Waals surface area contributed by atoms with Crippen molar-refractivity contribution in [1.82, 2.24) is 0 Å². The summed E-state index contributed by atoms with van der Waals surface area (Å²) in [5.41, 5.74) is 0.000319. The second-order valence-corrected chi connectivity index (χ2v) is 5.21. The quantitative estimate of drug-likeness (QED) is 0.738. The summed E-state index contributed by atoms with van der Waals surface area (Å²) in [6.07, 6.45) is 4.34. The lowest BCUT2D eigenvalue weighted by Gasteiger charge is -2.19. The van der Waals surface area contributed by atoms with Crippen LogP contribution in [-0.4, -0.2) is 11.2 Å². The molecule has 0 aromatic heterocycles. The summed E-state index contributed by atoms with van der Waals surface area (Å²) in [5.74, 6) is -0.703. The summed E-state index contributed by atoms with van der Waals surface area (Å²) < 4.78 is 27.0. The zero-order valence-corrected chi connectivity index (χ0v) is 11.8. The number of aliphatic hydroxyl groups is 1. The Morgan fingerprint density at radius 3 is 2.32 bits per heavy atom. The summed E-state index contributed by atoms with van der Waals surface area (Å²) in [4.78, 5) is 0. The van der Waals surface area contributed by atoms with Crippen LogP contribution in [-0.2, 0) is 6.42 Å². The van der Waals surface area contributed by atoms with Gasteiger partial charge < -0.3 is 5.11 Å². The Balaban J connectivity index is 2.56. The van der Waals surface area contributed by atoms with Gasteiger partial charge in [0.1, 0.15) is 11.6 Å². The number of aliphatic hydroxyl groups excluding tert-OH is 1. The number of benzene rings is 1. The van der Waals surface area contributed by atoms with Crippen LogP contribution in [0.3, 0.4) is 0 Å². The molecule has 1 aromatic rings. The van der Waals surface area contributed by atoms with Crippen molar-refractivity contribution in [2.45, 2.75) is 58.5 Å². The lowest BCUT2D eigenvalue weighted by atomic mass is 9.91. The van der Waals surface area contributed by atoms with E-state index < -0.39 is 17.7 Å². The van der Waals surface area contributed by atoms with Crippen LogP contribution >= 0.6 is 0 Å². The molecule has 0 saturated heterocycles. The first-order chi connectivity index (χ1) is 9.08. The molecule has 1 rings (SSSR count). The highest BCUT2D eigenvalue weighted by Crippen LogP contribution is 2.22. The van der Waals surface area contributed by atoms with Crippen LogP contribution in [0.2, 0.25) is 0 Å². The first kappa shape index (κ1) is 16.1. The van der Waals surface area contributed by atoms with E-state index in [0.29, 0.717) is 12.3 Å². The standard InChI is InChI=1S/C16H24F2O/c1-3-5-7-12(4-2)10-13(19)11-14-15(17)8-6-9-16(14)18/h6,8-9,12-13,19H,3-5,7,10-11H2,1-2H3. The highest BCUT2D eigenvalue weighted by Gasteiger charge is 2.17. The molecular formula is C16H24F2O. The Labute approximate surface area is 114 Å². The van der Waals surface area contributed by atoms with Gasteiger partial charge in [0.25, 0.3) is 0 Å². The molecule has 2 unspecified atom stereocenters. The van der Waals surface area contributed by atoms with E-state index in [1.807, 2.05) is 0 Å². The molecule has 0 aliphatic rings. The fourth-order valence-corrected chi connectivity index (χ4v) is 2.41. The second kappa shape index (κ2) is 8.26. The van der Waals surface area contributed by atoms with E-state index in [4.69, 9.17) is 0 Å². The van der Waals surface area contributed by atoms with Crippen molar-refractivity contribution >= 4 is 0 Å². The minimum atomic E-state index is -0.673. The van der Waals surface area contributed by atoms with Crippen LogP contribution in [0.1, 0.15) is 51.5 Å². The molecule has 1 aromatic carbocycles. The van der Waals surface area contributed by atoms with E-state index in [-0.39, 0.29) is 12.0 Å². The third-order valence-corrected chi connectivity index (χ3v) is 3.65. The van der Waals surface area contributed by atoms with Crippen LogP contribution in [0.25, 0.3) is 0 Å². The molecule has 19 heavy (non-hydrogen) atoms. The van der Waals surface area contributed by atoms with Crippen molar-refractivity contribution < 1.29 is 13.9 Å². The van der Waals surface area contributed by atoms with Crippen molar-refractivity contribution in [1.29, 1.82) is 0 Å². The van der Waals surface area contributed by atoms with E-state index in [1.54, 1.807) is 0 Å². The average molecular weight is 270 g/mol. The van der Waals surface area contributed by atoms with Gasteiger partial charge in [0.2, 0.25) is 0 Å². The molecule has 1 N–H and O–H groups in total. The van der Waals surface area contributed by atoms with Gasteiger partial charge in [-0.25, -0.2) is 8.78 Å². The van der Waals surface area contributed by atoms with Gasteiger partial charge in [-0.2, -0.15) is 0 Å². The highest BCUT2D eigenvalue weighted by molar-refractivity contribution is 5.20. The van der Waals surface area contributed by atoms with Crippen LogP contribution in [0.4, 0.5) is 8.78 Å². The molecule has 0 aliphatic carbocycles. The van der Waals surface area contributed by atoms with E-state index in [9.17, 15) is 13.9 Å². The predicted molar refractivity (Wildman–Crippen MR) is 74.0 cm³/mol.